The van der Waals surface area contributed by atoms with Crippen molar-refractivity contribution in [2.45, 2.75) is 13.8 Å². The summed E-state index contributed by atoms with van der Waals surface area (Å²) in [5.74, 6) is -0.864. The van der Waals surface area contributed by atoms with E-state index in [9.17, 15) is 14.4 Å². The number of hydrogen-bond donors (Lipinski definition) is 1. The van der Waals surface area contributed by atoms with Crippen LogP contribution in [-0.2, 0) is 9.59 Å². The Balaban J connectivity index is 1.71. The molecule has 1 aromatic heterocycles. The number of aryl methyl sites for hydroxylation is 2. The SMILES string of the molecule is Cc1cc(C)cc(N2C(=O)NC(=O)C(=Cc3ccc(-c4cccc(Cl)c4Cl)o3)C2=O)c1. The van der Waals surface area contributed by atoms with Crippen LogP contribution in [0.5, 0.6) is 0 Å². The van der Waals surface area contributed by atoms with Crippen LogP contribution in [-0.4, -0.2) is 17.8 Å². The van der Waals surface area contributed by atoms with Crippen LogP contribution in [0.1, 0.15) is 16.9 Å². The second-order valence-electron chi connectivity index (χ2n) is 7.11. The van der Waals surface area contributed by atoms with Crippen molar-refractivity contribution >= 4 is 52.8 Å². The fourth-order valence-corrected chi connectivity index (χ4v) is 3.78. The first kappa shape index (κ1) is 20.9. The van der Waals surface area contributed by atoms with Gasteiger partial charge in [-0.3, -0.25) is 14.9 Å². The Labute approximate surface area is 188 Å². The maximum Gasteiger partial charge on any atom is 0.335 e. The van der Waals surface area contributed by atoms with Gasteiger partial charge in [0.25, 0.3) is 11.8 Å². The summed E-state index contributed by atoms with van der Waals surface area (Å²) in [5.41, 5.74) is 2.49. The van der Waals surface area contributed by atoms with Crippen LogP contribution in [0.15, 0.2) is 58.5 Å². The highest BCUT2D eigenvalue weighted by molar-refractivity contribution is 6.43. The smallest absolute Gasteiger partial charge is 0.335 e. The molecule has 8 heteroatoms. The van der Waals surface area contributed by atoms with Gasteiger partial charge in [-0.05, 0) is 67.4 Å². The molecule has 0 aliphatic carbocycles. The molecule has 0 unspecified atom stereocenters. The first-order valence-electron chi connectivity index (χ1n) is 9.28. The van der Waals surface area contributed by atoms with Crippen molar-refractivity contribution in [2.75, 3.05) is 4.90 Å². The summed E-state index contributed by atoms with van der Waals surface area (Å²) in [7, 11) is 0. The van der Waals surface area contributed by atoms with E-state index < -0.39 is 17.8 Å². The zero-order chi connectivity index (χ0) is 22.3. The molecule has 2 aromatic carbocycles. The number of halogens is 2. The molecule has 4 rings (SSSR count). The fourth-order valence-electron chi connectivity index (χ4n) is 3.38. The molecule has 1 saturated heterocycles. The summed E-state index contributed by atoms with van der Waals surface area (Å²) in [6, 6.07) is 12.9. The Morgan fingerprint density at radius 3 is 2.39 bits per heavy atom. The van der Waals surface area contributed by atoms with Crippen LogP contribution < -0.4 is 10.2 Å². The molecule has 0 atom stereocenters. The minimum atomic E-state index is -0.803. The number of carbonyl (C=O) groups is 3. The second kappa shape index (κ2) is 8.06. The Morgan fingerprint density at radius 2 is 1.68 bits per heavy atom. The molecule has 6 nitrogen and oxygen atoms in total. The maximum absolute atomic E-state index is 13.0. The molecule has 1 N–H and O–H groups in total. The average Bonchev–Trinajstić information content (AvgIpc) is 3.15. The van der Waals surface area contributed by atoms with Gasteiger partial charge in [-0.15, -0.1) is 0 Å². The number of benzene rings is 2. The number of hydrogen-bond acceptors (Lipinski definition) is 4. The summed E-state index contributed by atoms with van der Waals surface area (Å²) in [6.07, 6.45) is 1.29. The van der Waals surface area contributed by atoms with E-state index in [4.69, 9.17) is 27.6 Å². The van der Waals surface area contributed by atoms with Gasteiger partial charge in [0.2, 0.25) is 0 Å². The van der Waals surface area contributed by atoms with Crippen LogP contribution in [0, 0.1) is 13.8 Å². The standard InChI is InChI=1S/C23H16Cl2N2O4/c1-12-8-13(2)10-14(9-12)27-22(29)17(21(28)26-23(27)30)11-15-6-7-19(31-15)16-4-3-5-18(24)20(16)25/h3-11H,1-2H3,(H,26,28,30). The van der Waals surface area contributed by atoms with Gasteiger partial charge in [-0.2, -0.15) is 0 Å². The highest BCUT2D eigenvalue weighted by Crippen LogP contribution is 2.35. The molecule has 31 heavy (non-hydrogen) atoms. The zero-order valence-corrected chi connectivity index (χ0v) is 18.0. The normalized spacial score (nSPS) is 15.5. The molecule has 156 valence electrons. The molecule has 3 aromatic rings. The monoisotopic (exact) mass is 454 g/mol. The molecule has 0 spiro atoms. The highest BCUT2D eigenvalue weighted by Gasteiger charge is 2.37. The highest BCUT2D eigenvalue weighted by atomic mass is 35.5. The predicted octanol–water partition coefficient (Wildman–Crippen LogP) is 5.54. The number of urea groups is 1. The zero-order valence-electron chi connectivity index (χ0n) is 16.5. The Hall–Kier alpha value is -3.35. The van der Waals surface area contributed by atoms with E-state index in [1.807, 2.05) is 19.9 Å². The average molecular weight is 455 g/mol. The predicted molar refractivity (Wildman–Crippen MR) is 119 cm³/mol. The van der Waals surface area contributed by atoms with Gasteiger partial charge in [0, 0.05) is 5.56 Å². The Morgan fingerprint density at radius 1 is 0.968 bits per heavy atom. The van der Waals surface area contributed by atoms with Crippen molar-refractivity contribution in [2.24, 2.45) is 0 Å². The van der Waals surface area contributed by atoms with E-state index in [2.05, 4.69) is 5.32 Å². The molecule has 4 amide bonds. The van der Waals surface area contributed by atoms with Crippen LogP contribution >= 0.6 is 23.2 Å². The third-order valence-corrected chi connectivity index (χ3v) is 5.52. The molecule has 0 bridgehead atoms. The lowest BCUT2D eigenvalue weighted by Gasteiger charge is -2.26. The minimum absolute atomic E-state index is 0.225. The van der Waals surface area contributed by atoms with Crippen molar-refractivity contribution in [1.82, 2.24) is 5.32 Å². The molecular formula is C23H16Cl2N2O4. The quantitative estimate of drug-likeness (QED) is 0.416. The summed E-state index contributed by atoms with van der Waals surface area (Å²) in [4.78, 5) is 38.7. The third-order valence-electron chi connectivity index (χ3n) is 4.70. The number of anilines is 1. The van der Waals surface area contributed by atoms with Gasteiger partial charge >= 0.3 is 6.03 Å². The summed E-state index contributed by atoms with van der Waals surface area (Å²) >= 11 is 12.3. The van der Waals surface area contributed by atoms with Gasteiger partial charge in [0.1, 0.15) is 17.1 Å². The van der Waals surface area contributed by atoms with Gasteiger partial charge in [-0.1, -0.05) is 35.3 Å². The number of imide groups is 2. The van der Waals surface area contributed by atoms with Crippen LogP contribution in [0.2, 0.25) is 10.0 Å². The van der Waals surface area contributed by atoms with Crippen molar-refractivity contribution in [3.05, 3.63) is 81.0 Å². The van der Waals surface area contributed by atoms with E-state index in [0.717, 1.165) is 16.0 Å². The first-order chi connectivity index (χ1) is 14.7. The van der Waals surface area contributed by atoms with E-state index in [0.29, 0.717) is 27.1 Å². The molecule has 1 aliphatic rings. The number of amides is 4. The molecule has 2 heterocycles. The number of barbiturate groups is 1. The van der Waals surface area contributed by atoms with E-state index in [1.165, 1.54) is 6.08 Å². The first-order valence-corrected chi connectivity index (χ1v) is 10.0. The molecular weight excluding hydrogens is 439 g/mol. The number of nitrogens with one attached hydrogen (secondary N) is 1. The summed E-state index contributed by atoms with van der Waals surface area (Å²) < 4.78 is 5.76. The number of rotatable bonds is 3. The van der Waals surface area contributed by atoms with Gasteiger partial charge in [0.15, 0.2) is 0 Å². The number of carbonyl (C=O) groups excluding carboxylic acids is 3. The topological polar surface area (TPSA) is 79.6 Å². The van der Waals surface area contributed by atoms with E-state index in [1.54, 1.807) is 42.5 Å². The third kappa shape index (κ3) is 4.00. The lowest BCUT2D eigenvalue weighted by Crippen LogP contribution is -2.54. The van der Waals surface area contributed by atoms with Crippen molar-refractivity contribution in [3.63, 3.8) is 0 Å². The number of nitrogens with zero attached hydrogens (tertiary/aromatic N) is 1. The van der Waals surface area contributed by atoms with Crippen LogP contribution in [0.3, 0.4) is 0 Å². The van der Waals surface area contributed by atoms with Gasteiger partial charge < -0.3 is 4.42 Å². The molecule has 1 aliphatic heterocycles. The van der Waals surface area contributed by atoms with Gasteiger partial charge in [0.05, 0.1) is 15.7 Å². The van der Waals surface area contributed by atoms with Gasteiger partial charge in [-0.25, -0.2) is 9.69 Å². The van der Waals surface area contributed by atoms with E-state index >= 15 is 0 Å². The Bertz CT molecular complexity index is 1260. The second-order valence-corrected chi connectivity index (χ2v) is 7.89. The van der Waals surface area contributed by atoms with Crippen LogP contribution in [0.4, 0.5) is 10.5 Å². The number of furan rings is 1. The van der Waals surface area contributed by atoms with Crippen molar-refractivity contribution in [1.29, 1.82) is 0 Å². The maximum atomic E-state index is 13.0. The summed E-state index contributed by atoms with van der Waals surface area (Å²) in [6.45, 7) is 3.71. The Kier molecular flexibility index (Phi) is 5.43. The fraction of sp³-hybridized carbons (Fsp3) is 0.0870. The van der Waals surface area contributed by atoms with Crippen molar-refractivity contribution < 1.29 is 18.8 Å². The molecule has 0 radical (unpaired) electrons. The van der Waals surface area contributed by atoms with E-state index in [-0.39, 0.29) is 11.3 Å². The largest absolute Gasteiger partial charge is 0.457 e. The lowest BCUT2D eigenvalue weighted by atomic mass is 10.1. The van der Waals surface area contributed by atoms with Crippen molar-refractivity contribution in [3.8, 4) is 11.3 Å². The molecule has 0 saturated carbocycles. The molecule has 1 fully saturated rings. The summed E-state index contributed by atoms with van der Waals surface area (Å²) in [5, 5.41) is 2.91. The van der Waals surface area contributed by atoms with Crippen LogP contribution in [0.25, 0.3) is 17.4 Å². The lowest BCUT2D eigenvalue weighted by molar-refractivity contribution is -0.122. The minimum Gasteiger partial charge on any atom is -0.457 e.